The van der Waals surface area contributed by atoms with E-state index in [1.807, 2.05) is 0 Å². The third-order valence-electron chi connectivity index (χ3n) is 1.75. The van der Waals surface area contributed by atoms with E-state index in [9.17, 15) is 18.0 Å². The zero-order chi connectivity index (χ0) is 12.5. The third kappa shape index (κ3) is 2.84. The van der Waals surface area contributed by atoms with Crippen LogP contribution in [0.15, 0.2) is 12.1 Å². The molecule has 16 heavy (non-hydrogen) atoms. The van der Waals surface area contributed by atoms with Gasteiger partial charge in [0.25, 0.3) is 0 Å². The minimum Gasteiger partial charge on any atom is -0.282 e. The first-order chi connectivity index (χ1) is 7.27. The summed E-state index contributed by atoms with van der Waals surface area (Å²) in [6.07, 6.45) is -3.11. The lowest BCUT2D eigenvalue weighted by Gasteiger charge is -2.11. The van der Waals surface area contributed by atoms with Gasteiger partial charge in [0.05, 0.1) is 15.6 Å². The molecule has 0 saturated carbocycles. The van der Waals surface area contributed by atoms with Gasteiger partial charge in [-0.15, -0.1) is 0 Å². The van der Waals surface area contributed by atoms with Gasteiger partial charge in [0.15, 0.2) is 0 Å². The fourth-order valence-electron chi connectivity index (χ4n) is 1.08. The summed E-state index contributed by atoms with van der Waals surface area (Å²) in [5, 5.41) is -1.53. The number of alkyl halides is 3. The summed E-state index contributed by atoms with van der Waals surface area (Å²) in [5.41, 5.74) is -1.07. The maximum atomic E-state index is 12.5. The molecule has 0 aliphatic rings. The second kappa shape index (κ2) is 4.85. The molecule has 88 valence electrons. The van der Waals surface area contributed by atoms with Crippen molar-refractivity contribution in [2.24, 2.45) is 0 Å². The van der Waals surface area contributed by atoms with Gasteiger partial charge in [-0.3, -0.25) is 4.79 Å². The van der Waals surface area contributed by atoms with Crippen molar-refractivity contribution < 1.29 is 18.0 Å². The quantitative estimate of drug-likeness (QED) is 0.756. The van der Waals surface area contributed by atoms with Gasteiger partial charge in [0.2, 0.25) is 5.12 Å². The molecule has 0 bridgehead atoms. The first kappa shape index (κ1) is 13.7. The second-order valence-corrected chi connectivity index (χ2v) is 4.40. The maximum absolute atomic E-state index is 12.5. The molecule has 0 unspecified atom stereocenters. The Balaban J connectivity index is 3.34. The number of rotatable bonds is 1. The van der Waals surface area contributed by atoms with Gasteiger partial charge >= 0.3 is 6.18 Å². The smallest absolute Gasteiger partial charge is 0.282 e. The highest BCUT2D eigenvalue weighted by Crippen LogP contribution is 2.40. The number of thioether (sulfide) groups is 1. The Hall–Kier alpha value is -0.390. The first-order valence-electron chi connectivity index (χ1n) is 3.92. The summed E-state index contributed by atoms with van der Waals surface area (Å²) < 4.78 is 37.4. The van der Waals surface area contributed by atoms with Crippen molar-refractivity contribution in [2.45, 2.75) is 6.18 Å². The predicted octanol–water partition coefficient (Wildman–Crippen LogP) is 4.52. The van der Waals surface area contributed by atoms with Crippen molar-refractivity contribution >= 4 is 40.1 Å². The number of benzene rings is 1. The molecule has 0 atom stereocenters. The van der Waals surface area contributed by atoms with Crippen LogP contribution >= 0.6 is 35.0 Å². The molecule has 1 aromatic rings. The molecular weight excluding hydrogens is 284 g/mol. The Labute approximate surface area is 104 Å². The van der Waals surface area contributed by atoms with Crippen LogP contribution < -0.4 is 0 Å². The van der Waals surface area contributed by atoms with Crippen LogP contribution in [0.5, 0.6) is 0 Å². The van der Waals surface area contributed by atoms with Crippen LogP contribution in [0.4, 0.5) is 13.2 Å². The number of carbonyl (C=O) groups excluding carboxylic acids is 1. The van der Waals surface area contributed by atoms with Gasteiger partial charge in [-0.05, 0) is 18.4 Å². The SMILES string of the molecule is CSC(=O)c1cc(Cl)c(C(F)(F)F)c(Cl)c1. The lowest BCUT2D eigenvalue weighted by atomic mass is 10.1. The highest BCUT2D eigenvalue weighted by Gasteiger charge is 2.36. The van der Waals surface area contributed by atoms with Crippen LogP contribution in [-0.2, 0) is 6.18 Å². The van der Waals surface area contributed by atoms with Crippen molar-refractivity contribution in [1.82, 2.24) is 0 Å². The molecular formula is C9H5Cl2F3OS. The van der Waals surface area contributed by atoms with E-state index in [-0.39, 0.29) is 5.56 Å². The molecule has 0 aliphatic heterocycles. The second-order valence-electron chi connectivity index (χ2n) is 2.80. The molecule has 0 N–H and O–H groups in total. The molecule has 0 aliphatic carbocycles. The number of hydrogen-bond acceptors (Lipinski definition) is 2. The number of halogens is 5. The van der Waals surface area contributed by atoms with E-state index in [0.717, 1.165) is 23.9 Å². The van der Waals surface area contributed by atoms with E-state index >= 15 is 0 Å². The highest BCUT2D eigenvalue weighted by atomic mass is 35.5. The number of carbonyl (C=O) groups is 1. The summed E-state index contributed by atoms with van der Waals surface area (Å²) in [7, 11) is 0. The lowest BCUT2D eigenvalue weighted by Crippen LogP contribution is -2.08. The van der Waals surface area contributed by atoms with E-state index in [1.54, 1.807) is 0 Å². The normalized spacial score (nSPS) is 11.6. The molecule has 7 heteroatoms. The van der Waals surface area contributed by atoms with Gasteiger partial charge in [-0.1, -0.05) is 35.0 Å². The van der Waals surface area contributed by atoms with Gasteiger partial charge < -0.3 is 0 Å². The molecule has 1 rings (SSSR count). The molecule has 0 heterocycles. The van der Waals surface area contributed by atoms with E-state index in [1.165, 1.54) is 6.26 Å². The fourth-order valence-corrected chi connectivity index (χ4v) is 2.13. The topological polar surface area (TPSA) is 17.1 Å². The van der Waals surface area contributed by atoms with Crippen LogP contribution in [0.25, 0.3) is 0 Å². The minimum atomic E-state index is -4.63. The third-order valence-corrected chi connectivity index (χ3v) is 2.95. The molecule has 0 saturated heterocycles. The van der Waals surface area contributed by atoms with Crippen molar-refractivity contribution in [1.29, 1.82) is 0 Å². The Bertz CT molecular complexity index is 408. The predicted molar refractivity (Wildman–Crippen MR) is 59.3 cm³/mol. The summed E-state index contributed by atoms with van der Waals surface area (Å²) in [6.45, 7) is 0. The van der Waals surface area contributed by atoms with Crippen LogP contribution in [0.3, 0.4) is 0 Å². The minimum absolute atomic E-state index is 0.0514. The van der Waals surface area contributed by atoms with Crippen molar-refractivity contribution in [2.75, 3.05) is 6.26 Å². The van der Waals surface area contributed by atoms with E-state index < -0.39 is 26.9 Å². The lowest BCUT2D eigenvalue weighted by molar-refractivity contribution is -0.137. The zero-order valence-corrected chi connectivity index (χ0v) is 10.2. The van der Waals surface area contributed by atoms with Gasteiger partial charge in [0, 0.05) is 5.56 Å². The molecule has 0 spiro atoms. The molecule has 0 fully saturated rings. The zero-order valence-electron chi connectivity index (χ0n) is 7.86. The Morgan fingerprint density at radius 3 is 2.00 bits per heavy atom. The Morgan fingerprint density at radius 2 is 1.69 bits per heavy atom. The molecule has 0 aromatic heterocycles. The van der Waals surface area contributed by atoms with Crippen molar-refractivity contribution in [3.05, 3.63) is 33.3 Å². The van der Waals surface area contributed by atoms with Gasteiger partial charge in [-0.25, -0.2) is 0 Å². The Kier molecular flexibility index (Phi) is 4.15. The monoisotopic (exact) mass is 288 g/mol. The van der Waals surface area contributed by atoms with E-state index in [0.29, 0.717) is 0 Å². The average Bonchev–Trinajstić information content (AvgIpc) is 2.13. The fraction of sp³-hybridized carbons (Fsp3) is 0.222. The number of hydrogen-bond donors (Lipinski definition) is 0. The van der Waals surface area contributed by atoms with E-state index in [4.69, 9.17) is 23.2 Å². The summed E-state index contributed by atoms with van der Waals surface area (Å²) in [6, 6.07) is 1.93. The first-order valence-corrected chi connectivity index (χ1v) is 5.90. The van der Waals surface area contributed by atoms with Crippen LogP contribution in [0.1, 0.15) is 15.9 Å². The summed E-state index contributed by atoms with van der Waals surface area (Å²) in [5.74, 6) is 0. The Morgan fingerprint density at radius 1 is 1.25 bits per heavy atom. The molecule has 0 radical (unpaired) electrons. The highest BCUT2D eigenvalue weighted by molar-refractivity contribution is 8.13. The summed E-state index contributed by atoms with van der Waals surface area (Å²) in [4.78, 5) is 11.2. The van der Waals surface area contributed by atoms with Crippen LogP contribution in [-0.4, -0.2) is 11.4 Å². The van der Waals surface area contributed by atoms with E-state index in [2.05, 4.69) is 0 Å². The molecule has 1 nitrogen and oxygen atoms in total. The van der Waals surface area contributed by atoms with Crippen LogP contribution in [0.2, 0.25) is 10.0 Å². The standard InChI is InChI=1S/C9H5Cl2F3OS/c1-16-8(15)4-2-5(10)7(6(11)3-4)9(12,13)14/h2-3H,1H3. The van der Waals surface area contributed by atoms with Crippen molar-refractivity contribution in [3.8, 4) is 0 Å². The largest absolute Gasteiger partial charge is 0.419 e. The van der Waals surface area contributed by atoms with Crippen LogP contribution in [0, 0.1) is 0 Å². The van der Waals surface area contributed by atoms with Gasteiger partial charge in [-0.2, -0.15) is 13.2 Å². The van der Waals surface area contributed by atoms with Crippen molar-refractivity contribution in [3.63, 3.8) is 0 Å². The molecule has 1 aromatic carbocycles. The molecule has 0 amide bonds. The average molecular weight is 289 g/mol. The summed E-state index contributed by atoms with van der Waals surface area (Å²) >= 11 is 11.8. The maximum Gasteiger partial charge on any atom is 0.419 e. The van der Waals surface area contributed by atoms with Gasteiger partial charge in [0.1, 0.15) is 0 Å².